The van der Waals surface area contributed by atoms with Crippen molar-refractivity contribution in [2.24, 2.45) is 0 Å². The van der Waals surface area contributed by atoms with Crippen LogP contribution < -0.4 is 9.47 Å². The Balaban J connectivity index is 1.69. The van der Waals surface area contributed by atoms with Crippen LogP contribution in [0, 0.1) is 3.70 Å². The highest BCUT2D eigenvalue weighted by molar-refractivity contribution is 14.1. The molecule has 0 saturated heterocycles. The van der Waals surface area contributed by atoms with Gasteiger partial charge in [-0.05, 0) is 46.4 Å². The number of alkyl halides is 3. The minimum atomic E-state index is -4.52. The Labute approximate surface area is 176 Å². The van der Waals surface area contributed by atoms with Gasteiger partial charge in [0, 0.05) is 6.20 Å². The van der Waals surface area contributed by atoms with Crippen LogP contribution in [-0.4, -0.2) is 27.1 Å². The average molecular weight is 525 g/mol. The smallest absolute Gasteiger partial charge is 0.417 e. The Bertz CT molecular complexity index is 981. The quantitative estimate of drug-likeness (QED) is 0.442. The summed E-state index contributed by atoms with van der Waals surface area (Å²) in [6, 6.07) is 8.31. The molecule has 0 spiro atoms. The second-order valence-corrected chi connectivity index (χ2v) is 7.06. The minimum absolute atomic E-state index is 0.0333. The van der Waals surface area contributed by atoms with E-state index in [-0.39, 0.29) is 17.5 Å². The van der Waals surface area contributed by atoms with Crippen LogP contribution >= 0.6 is 34.2 Å². The lowest BCUT2D eigenvalue weighted by Crippen LogP contribution is -2.07. The summed E-state index contributed by atoms with van der Waals surface area (Å²) in [4.78, 5) is 3.64. The summed E-state index contributed by atoms with van der Waals surface area (Å²) in [7, 11) is 1.59. The molecule has 1 aromatic carbocycles. The van der Waals surface area contributed by atoms with Crippen LogP contribution in [0.1, 0.15) is 16.8 Å². The van der Waals surface area contributed by atoms with Gasteiger partial charge in [0.05, 0.1) is 19.2 Å². The predicted molar refractivity (Wildman–Crippen MR) is 103 cm³/mol. The fourth-order valence-corrected chi connectivity index (χ4v) is 3.05. The van der Waals surface area contributed by atoms with Crippen LogP contribution in [0.4, 0.5) is 13.2 Å². The van der Waals surface area contributed by atoms with Gasteiger partial charge >= 0.3 is 6.18 Å². The molecule has 3 aromatic rings. The van der Waals surface area contributed by atoms with Crippen LogP contribution in [0.5, 0.6) is 11.6 Å². The SMILES string of the molecule is COc1cccc(Cn2nnc(COc3ncc(C(F)(F)F)cc3Cl)c2I)c1. The average Bonchev–Trinajstić information content (AvgIpc) is 3.00. The van der Waals surface area contributed by atoms with Gasteiger partial charge in [0.25, 0.3) is 0 Å². The molecule has 0 aliphatic carbocycles. The highest BCUT2D eigenvalue weighted by Gasteiger charge is 2.31. The second-order valence-electron chi connectivity index (χ2n) is 5.63. The number of halogens is 5. The molecule has 0 saturated carbocycles. The summed E-state index contributed by atoms with van der Waals surface area (Å²) >= 11 is 7.91. The summed E-state index contributed by atoms with van der Waals surface area (Å²) in [6.07, 6.45) is -3.85. The summed E-state index contributed by atoms with van der Waals surface area (Å²) in [5.41, 5.74) is 0.548. The maximum absolute atomic E-state index is 12.7. The number of hydrogen-bond donors (Lipinski definition) is 0. The molecule has 0 radical (unpaired) electrons. The van der Waals surface area contributed by atoms with Crippen molar-refractivity contribution in [3.05, 3.63) is 62.1 Å². The summed E-state index contributed by atoms with van der Waals surface area (Å²) in [6.45, 7) is 0.441. The zero-order chi connectivity index (χ0) is 20.3. The number of pyridine rings is 1. The first-order valence-electron chi connectivity index (χ1n) is 7.84. The number of benzene rings is 1. The fraction of sp³-hybridized carbons (Fsp3) is 0.235. The Morgan fingerprint density at radius 3 is 2.71 bits per heavy atom. The Kier molecular flexibility index (Phi) is 6.28. The van der Waals surface area contributed by atoms with E-state index in [1.165, 1.54) is 0 Å². The molecule has 0 amide bonds. The Morgan fingerprint density at radius 2 is 2.04 bits per heavy atom. The molecule has 0 N–H and O–H groups in total. The normalized spacial score (nSPS) is 11.5. The molecule has 0 atom stereocenters. The first-order chi connectivity index (χ1) is 13.3. The maximum Gasteiger partial charge on any atom is 0.417 e. The lowest BCUT2D eigenvalue weighted by atomic mass is 10.2. The van der Waals surface area contributed by atoms with Crippen molar-refractivity contribution in [3.8, 4) is 11.6 Å². The summed E-state index contributed by atoms with van der Waals surface area (Å²) < 4.78 is 51.0. The molecule has 0 unspecified atom stereocenters. The van der Waals surface area contributed by atoms with Crippen molar-refractivity contribution in [2.75, 3.05) is 7.11 Å². The van der Waals surface area contributed by atoms with Crippen molar-refractivity contribution in [1.29, 1.82) is 0 Å². The van der Waals surface area contributed by atoms with E-state index in [1.54, 1.807) is 11.8 Å². The first kappa shape index (κ1) is 20.6. The molecule has 6 nitrogen and oxygen atoms in total. The minimum Gasteiger partial charge on any atom is -0.497 e. The molecule has 11 heteroatoms. The molecular formula is C17H13ClF3IN4O2. The van der Waals surface area contributed by atoms with Crippen molar-refractivity contribution in [3.63, 3.8) is 0 Å². The van der Waals surface area contributed by atoms with Crippen LogP contribution in [0.15, 0.2) is 36.5 Å². The summed E-state index contributed by atoms with van der Waals surface area (Å²) in [5.74, 6) is 0.631. The van der Waals surface area contributed by atoms with Gasteiger partial charge in [-0.1, -0.05) is 28.9 Å². The van der Waals surface area contributed by atoms with Gasteiger partial charge in [0.2, 0.25) is 5.88 Å². The standard InChI is InChI=1S/C17H13ClF3IN4O2/c1-27-12-4-2-3-10(5-12)8-26-15(22)14(24-25-26)9-28-16-13(18)6-11(7-23-16)17(19,20)21/h2-7H,8-9H2,1H3. The van der Waals surface area contributed by atoms with E-state index in [2.05, 4.69) is 37.9 Å². The third kappa shape index (κ3) is 4.85. The van der Waals surface area contributed by atoms with E-state index in [0.717, 1.165) is 21.1 Å². The largest absolute Gasteiger partial charge is 0.497 e. The van der Waals surface area contributed by atoms with Crippen molar-refractivity contribution in [1.82, 2.24) is 20.0 Å². The molecule has 0 bridgehead atoms. The molecule has 0 aliphatic rings. The van der Waals surface area contributed by atoms with Crippen LogP contribution in [-0.2, 0) is 19.3 Å². The molecule has 0 fully saturated rings. The molecule has 28 heavy (non-hydrogen) atoms. The zero-order valence-corrected chi connectivity index (χ0v) is 17.3. The molecule has 2 heterocycles. The van der Waals surface area contributed by atoms with Crippen molar-refractivity contribution in [2.45, 2.75) is 19.3 Å². The predicted octanol–water partition coefficient (Wildman–Crippen LogP) is 4.59. The zero-order valence-electron chi connectivity index (χ0n) is 14.4. The second kappa shape index (κ2) is 8.52. The van der Waals surface area contributed by atoms with Gasteiger partial charge in [0.15, 0.2) is 0 Å². The number of ether oxygens (including phenoxy) is 2. The van der Waals surface area contributed by atoms with E-state index >= 15 is 0 Å². The molecule has 3 rings (SSSR count). The van der Waals surface area contributed by atoms with Gasteiger partial charge in [-0.3, -0.25) is 0 Å². The van der Waals surface area contributed by atoms with Gasteiger partial charge in [-0.25, -0.2) is 9.67 Å². The molecular weight excluding hydrogens is 512 g/mol. The lowest BCUT2D eigenvalue weighted by Gasteiger charge is -2.09. The fourth-order valence-electron chi connectivity index (χ4n) is 2.29. The monoisotopic (exact) mass is 524 g/mol. The van der Waals surface area contributed by atoms with E-state index in [1.807, 2.05) is 24.3 Å². The van der Waals surface area contributed by atoms with E-state index in [0.29, 0.717) is 18.4 Å². The molecule has 2 aromatic heterocycles. The number of rotatable bonds is 6. The molecule has 148 valence electrons. The summed E-state index contributed by atoms with van der Waals surface area (Å²) in [5, 5.41) is 7.91. The van der Waals surface area contributed by atoms with Crippen LogP contribution in [0.2, 0.25) is 5.02 Å². The third-order valence-electron chi connectivity index (χ3n) is 3.68. The number of methoxy groups -OCH3 is 1. The highest BCUT2D eigenvalue weighted by Crippen LogP contribution is 2.33. The van der Waals surface area contributed by atoms with Gasteiger partial charge in [-0.2, -0.15) is 13.2 Å². The van der Waals surface area contributed by atoms with E-state index < -0.39 is 11.7 Å². The van der Waals surface area contributed by atoms with Crippen LogP contribution in [0.3, 0.4) is 0 Å². The molecule has 0 aliphatic heterocycles. The van der Waals surface area contributed by atoms with Crippen LogP contribution in [0.25, 0.3) is 0 Å². The number of hydrogen-bond acceptors (Lipinski definition) is 5. The van der Waals surface area contributed by atoms with E-state index in [9.17, 15) is 13.2 Å². The van der Waals surface area contributed by atoms with Gasteiger partial charge < -0.3 is 9.47 Å². The highest BCUT2D eigenvalue weighted by atomic mass is 127. The third-order valence-corrected chi connectivity index (χ3v) is 5.14. The van der Waals surface area contributed by atoms with Crippen molar-refractivity contribution < 1.29 is 22.6 Å². The van der Waals surface area contributed by atoms with Crippen molar-refractivity contribution >= 4 is 34.2 Å². The van der Waals surface area contributed by atoms with Gasteiger partial charge in [0.1, 0.15) is 26.8 Å². The number of aromatic nitrogens is 4. The van der Waals surface area contributed by atoms with E-state index in [4.69, 9.17) is 21.1 Å². The lowest BCUT2D eigenvalue weighted by molar-refractivity contribution is -0.137. The first-order valence-corrected chi connectivity index (χ1v) is 9.30. The topological polar surface area (TPSA) is 62.1 Å². The Morgan fingerprint density at radius 1 is 1.25 bits per heavy atom. The Hall–Kier alpha value is -2.08. The number of nitrogens with zero attached hydrogens (tertiary/aromatic N) is 4. The maximum atomic E-state index is 12.7. The van der Waals surface area contributed by atoms with Gasteiger partial charge in [-0.15, -0.1) is 5.10 Å².